The number of nitrogens with zero attached hydrogens (tertiary/aromatic N) is 1. The Morgan fingerprint density at radius 2 is 1.81 bits per heavy atom. The van der Waals surface area contributed by atoms with E-state index in [0.29, 0.717) is 24.6 Å². The van der Waals surface area contributed by atoms with Crippen molar-refractivity contribution in [3.8, 4) is 0 Å². The number of rotatable bonds is 5. The van der Waals surface area contributed by atoms with E-state index < -0.39 is 10.0 Å². The zero-order valence-electron chi connectivity index (χ0n) is 15.2. The lowest BCUT2D eigenvalue weighted by Crippen LogP contribution is -2.38. The molecule has 1 aliphatic rings. The smallest absolute Gasteiger partial charge is 0.253 e. The third-order valence-electron chi connectivity index (χ3n) is 4.85. The van der Waals surface area contributed by atoms with Gasteiger partial charge in [-0.25, -0.2) is 13.1 Å². The molecule has 27 heavy (non-hydrogen) atoms. The Labute approximate surface area is 165 Å². The second-order valence-corrected chi connectivity index (χ2v) is 9.07. The first-order chi connectivity index (χ1) is 12.9. The van der Waals surface area contributed by atoms with Crippen LogP contribution in [-0.4, -0.2) is 32.3 Å². The van der Waals surface area contributed by atoms with E-state index in [-0.39, 0.29) is 22.4 Å². The molecule has 0 aromatic heterocycles. The second-order valence-electron chi connectivity index (χ2n) is 6.93. The first-order valence-electron chi connectivity index (χ1n) is 8.99. The lowest BCUT2D eigenvalue weighted by Gasteiger charge is -2.30. The molecule has 1 fully saturated rings. The summed E-state index contributed by atoms with van der Waals surface area (Å²) in [7, 11) is -3.84. The maximum atomic E-state index is 12.7. The largest absolute Gasteiger partial charge is 0.339 e. The van der Waals surface area contributed by atoms with E-state index in [9.17, 15) is 13.2 Å². The number of benzene rings is 2. The van der Waals surface area contributed by atoms with Gasteiger partial charge in [0.05, 0.1) is 5.02 Å². The van der Waals surface area contributed by atoms with Gasteiger partial charge in [0.1, 0.15) is 4.90 Å². The molecule has 1 heterocycles. The number of halogens is 1. The van der Waals surface area contributed by atoms with Crippen LogP contribution in [0.3, 0.4) is 0 Å². The van der Waals surface area contributed by atoms with Crippen molar-refractivity contribution in [1.82, 2.24) is 9.62 Å². The van der Waals surface area contributed by atoms with E-state index >= 15 is 0 Å². The molecule has 7 heteroatoms. The van der Waals surface area contributed by atoms with Crippen molar-refractivity contribution in [3.63, 3.8) is 0 Å². The molecule has 0 atom stereocenters. The molecule has 0 unspecified atom stereocenters. The molecule has 144 valence electrons. The first-order valence-corrected chi connectivity index (χ1v) is 10.9. The molecule has 3 rings (SSSR count). The summed E-state index contributed by atoms with van der Waals surface area (Å²) in [5.74, 6) is 0.454. The van der Waals surface area contributed by atoms with Crippen LogP contribution in [0.4, 0.5) is 0 Å². The van der Waals surface area contributed by atoms with Crippen LogP contribution in [0.5, 0.6) is 0 Å². The Bertz CT molecular complexity index is 908. The van der Waals surface area contributed by atoms with Gasteiger partial charge in [0.25, 0.3) is 5.91 Å². The number of nitrogens with one attached hydrogen (secondary N) is 1. The van der Waals surface area contributed by atoms with Gasteiger partial charge < -0.3 is 4.90 Å². The molecule has 2 aromatic rings. The van der Waals surface area contributed by atoms with Crippen LogP contribution in [0.25, 0.3) is 0 Å². The molecule has 0 saturated carbocycles. The number of sulfonamides is 1. The highest BCUT2D eigenvalue weighted by molar-refractivity contribution is 7.89. The summed E-state index contributed by atoms with van der Waals surface area (Å²) in [6.45, 7) is 3.71. The van der Waals surface area contributed by atoms with E-state index in [4.69, 9.17) is 11.6 Å². The monoisotopic (exact) mass is 406 g/mol. The van der Waals surface area contributed by atoms with Crippen LogP contribution in [0.2, 0.25) is 5.02 Å². The molecule has 2 aromatic carbocycles. The highest BCUT2D eigenvalue weighted by Gasteiger charge is 2.24. The molecule has 5 nitrogen and oxygen atoms in total. The van der Waals surface area contributed by atoms with Crippen molar-refractivity contribution < 1.29 is 13.2 Å². The van der Waals surface area contributed by atoms with Crippen molar-refractivity contribution in [2.45, 2.75) is 31.2 Å². The van der Waals surface area contributed by atoms with E-state index in [1.807, 2.05) is 30.3 Å². The van der Waals surface area contributed by atoms with Crippen molar-refractivity contribution in [2.75, 3.05) is 13.1 Å². The maximum Gasteiger partial charge on any atom is 0.253 e. The van der Waals surface area contributed by atoms with Crippen LogP contribution >= 0.6 is 11.6 Å². The third-order valence-corrected chi connectivity index (χ3v) is 6.73. The predicted octanol–water partition coefficient (Wildman–Crippen LogP) is 3.69. The van der Waals surface area contributed by atoms with Gasteiger partial charge in [-0.1, -0.05) is 48.9 Å². The zero-order chi connectivity index (χ0) is 19.4. The summed E-state index contributed by atoms with van der Waals surface area (Å²) in [5.41, 5.74) is 1.18. The number of carbonyl (C=O) groups is 1. The van der Waals surface area contributed by atoms with E-state index in [1.165, 1.54) is 12.1 Å². The van der Waals surface area contributed by atoms with Crippen LogP contribution < -0.4 is 4.72 Å². The number of piperidine rings is 1. The minimum atomic E-state index is -3.84. The third kappa shape index (κ3) is 4.89. The maximum absolute atomic E-state index is 12.7. The lowest BCUT2D eigenvalue weighted by molar-refractivity contribution is 0.0697. The van der Waals surface area contributed by atoms with Crippen LogP contribution in [0.15, 0.2) is 53.4 Å². The number of hydrogen-bond donors (Lipinski definition) is 1. The molecule has 0 spiro atoms. The normalized spacial score (nSPS) is 15.7. The van der Waals surface area contributed by atoms with Gasteiger partial charge in [-0.2, -0.15) is 0 Å². The van der Waals surface area contributed by atoms with Gasteiger partial charge in [-0.05, 0) is 42.5 Å². The minimum absolute atomic E-state index is 0.0728. The number of hydrogen-bond acceptors (Lipinski definition) is 3. The Balaban J connectivity index is 1.79. The molecule has 1 aliphatic heterocycles. The van der Waals surface area contributed by atoms with Crippen LogP contribution in [0, 0.1) is 5.92 Å². The summed E-state index contributed by atoms with van der Waals surface area (Å²) in [6, 6.07) is 13.6. The first kappa shape index (κ1) is 19.9. The van der Waals surface area contributed by atoms with Crippen molar-refractivity contribution in [2.24, 2.45) is 5.92 Å². The Hall–Kier alpha value is -1.89. The highest BCUT2D eigenvalue weighted by Crippen LogP contribution is 2.25. The summed E-state index contributed by atoms with van der Waals surface area (Å²) < 4.78 is 27.9. The quantitative estimate of drug-likeness (QED) is 0.823. The fourth-order valence-electron chi connectivity index (χ4n) is 3.09. The molecule has 1 amide bonds. The predicted molar refractivity (Wildman–Crippen MR) is 106 cm³/mol. The average Bonchev–Trinajstić information content (AvgIpc) is 2.67. The summed E-state index contributed by atoms with van der Waals surface area (Å²) in [4.78, 5) is 14.4. The molecule has 0 radical (unpaired) electrons. The SMILES string of the molecule is CC1CCN(C(=O)c2ccc(Cl)c(S(=O)(=O)NCc3ccccc3)c2)CC1. The van der Waals surface area contributed by atoms with Gasteiger partial charge >= 0.3 is 0 Å². The van der Waals surface area contributed by atoms with Gasteiger partial charge in [0.15, 0.2) is 0 Å². The van der Waals surface area contributed by atoms with Gasteiger partial charge in [-0.3, -0.25) is 4.79 Å². The lowest BCUT2D eigenvalue weighted by atomic mass is 9.98. The Kier molecular flexibility index (Phi) is 6.19. The van der Waals surface area contributed by atoms with Crippen LogP contribution in [-0.2, 0) is 16.6 Å². The Morgan fingerprint density at radius 3 is 2.48 bits per heavy atom. The van der Waals surface area contributed by atoms with Gasteiger partial charge in [0.2, 0.25) is 10.0 Å². The fraction of sp³-hybridized carbons (Fsp3) is 0.350. The molecule has 1 N–H and O–H groups in total. The molecule has 1 saturated heterocycles. The summed E-state index contributed by atoms with van der Waals surface area (Å²) in [5, 5.41) is 0.0966. The average molecular weight is 407 g/mol. The molecular weight excluding hydrogens is 384 g/mol. The number of carbonyl (C=O) groups excluding carboxylic acids is 1. The highest BCUT2D eigenvalue weighted by atomic mass is 35.5. The van der Waals surface area contributed by atoms with Crippen molar-refractivity contribution >= 4 is 27.5 Å². The number of likely N-dealkylation sites (tertiary alicyclic amines) is 1. The molecule has 0 bridgehead atoms. The zero-order valence-corrected chi connectivity index (χ0v) is 16.8. The van der Waals surface area contributed by atoms with Crippen molar-refractivity contribution in [3.05, 3.63) is 64.7 Å². The second kappa shape index (κ2) is 8.42. The summed E-state index contributed by atoms with van der Waals surface area (Å²) in [6.07, 6.45) is 1.92. The molecular formula is C20H23ClN2O3S. The van der Waals surface area contributed by atoms with Gasteiger partial charge in [-0.15, -0.1) is 0 Å². The van der Waals surface area contributed by atoms with E-state index in [1.54, 1.807) is 11.0 Å². The summed E-state index contributed by atoms with van der Waals surface area (Å²) >= 11 is 6.13. The minimum Gasteiger partial charge on any atom is -0.339 e. The topological polar surface area (TPSA) is 66.5 Å². The fourth-order valence-corrected chi connectivity index (χ4v) is 4.63. The Morgan fingerprint density at radius 1 is 1.15 bits per heavy atom. The van der Waals surface area contributed by atoms with E-state index in [2.05, 4.69) is 11.6 Å². The van der Waals surface area contributed by atoms with Crippen molar-refractivity contribution in [1.29, 1.82) is 0 Å². The molecule has 0 aliphatic carbocycles. The number of amides is 1. The standard InChI is InChI=1S/C20H23ClN2O3S/c1-15-9-11-23(12-10-15)20(24)17-7-8-18(21)19(13-17)27(25,26)22-14-16-5-3-2-4-6-16/h2-8,13,15,22H,9-12,14H2,1H3. The van der Waals surface area contributed by atoms with Gasteiger partial charge in [0, 0.05) is 25.2 Å². The van der Waals surface area contributed by atoms with E-state index in [0.717, 1.165) is 18.4 Å². The van der Waals surface area contributed by atoms with Crippen LogP contribution in [0.1, 0.15) is 35.7 Å².